The molecule has 5 rings (SSSR count). The van der Waals surface area contributed by atoms with E-state index in [1.807, 2.05) is 31.2 Å². The number of rotatable bonds is 12. The normalized spacial score (nSPS) is 16.8. The Morgan fingerprint density at radius 1 is 1.06 bits per heavy atom. The summed E-state index contributed by atoms with van der Waals surface area (Å²) in [6.07, 6.45) is 3.00. The van der Waals surface area contributed by atoms with Gasteiger partial charge in [0.1, 0.15) is 28.3 Å². The topological polar surface area (TPSA) is 197 Å². The molecule has 0 radical (unpaired) electrons. The van der Waals surface area contributed by atoms with Gasteiger partial charge in [-0.25, -0.2) is 13.4 Å². The van der Waals surface area contributed by atoms with Crippen LogP contribution in [-0.2, 0) is 26.2 Å². The number of hydrogen-bond donors (Lipinski definition) is 5. The number of piperazine rings is 1. The Morgan fingerprint density at radius 3 is 2.45 bits per heavy atom. The molecule has 2 aliphatic rings. The number of aromatic nitrogens is 1. The number of nitrogens with two attached hydrogens (primary N) is 2. The molecule has 1 aliphatic heterocycles. The van der Waals surface area contributed by atoms with Crippen LogP contribution >= 0.6 is 23.2 Å². The Labute approximate surface area is 296 Å². The van der Waals surface area contributed by atoms with Crippen LogP contribution < -0.4 is 26.2 Å². The summed E-state index contributed by atoms with van der Waals surface area (Å²) in [7, 11) is -4.29. The SMILES string of the molecule is Cc1ccc2cccc(OCc3c(Cl)ccc(S(=O)(=O)NC4(C(=O)N5CCN(C(=O)[C@@H](N)CCCNC(=N)N)CC5)CCCC4)c3Cl)c2n1. The minimum absolute atomic E-state index is 0.0921. The molecule has 2 fully saturated rings. The predicted octanol–water partition coefficient (Wildman–Crippen LogP) is 3.28. The first-order valence-corrected chi connectivity index (χ1v) is 18.5. The standard InChI is InChI=1S/C33H42Cl2N8O5S/c1-21-9-10-22-6-4-8-26(29(22)40-21)48-20-23-24(34)11-12-27(28(23)35)49(46,47)41-33(13-2-3-14-33)31(45)43-18-16-42(17-19-43)30(44)25(36)7-5-15-39-32(37)38/h4,6,8-12,25,41H,2-3,5,7,13-20,36H2,1H3,(H4,37,38,39)/t25-/m0/s1. The number of halogens is 2. The van der Waals surface area contributed by atoms with E-state index in [2.05, 4.69) is 15.0 Å². The van der Waals surface area contributed by atoms with E-state index in [0.29, 0.717) is 56.3 Å². The van der Waals surface area contributed by atoms with Gasteiger partial charge in [0.05, 0.1) is 11.1 Å². The van der Waals surface area contributed by atoms with E-state index < -0.39 is 21.6 Å². The zero-order valence-electron chi connectivity index (χ0n) is 27.3. The van der Waals surface area contributed by atoms with Crippen molar-refractivity contribution in [1.29, 1.82) is 5.41 Å². The molecule has 0 spiro atoms. The summed E-state index contributed by atoms with van der Waals surface area (Å²) in [5.74, 6) is -0.178. The van der Waals surface area contributed by atoms with Gasteiger partial charge in [0, 0.05) is 54.4 Å². The van der Waals surface area contributed by atoms with Gasteiger partial charge in [-0.1, -0.05) is 54.2 Å². The number of para-hydroxylation sites is 1. The number of guanidine groups is 1. The maximum atomic E-state index is 14.0. The third-order valence-electron chi connectivity index (χ3n) is 9.03. The number of hydrogen-bond acceptors (Lipinski definition) is 8. The van der Waals surface area contributed by atoms with Crippen molar-refractivity contribution in [1.82, 2.24) is 24.8 Å². The molecule has 1 saturated carbocycles. The number of amides is 2. The smallest absolute Gasteiger partial charge is 0.243 e. The van der Waals surface area contributed by atoms with Gasteiger partial charge in [-0.15, -0.1) is 0 Å². The van der Waals surface area contributed by atoms with Gasteiger partial charge >= 0.3 is 0 Å². The van der Waals surface area contributed by atoms with Crippen LogP contribution in [-0.4, -0.2) is 85.3 Å². The van der Waals surface area contributed by atoms with E-state index in [1.165, 1.54) is 12.1 Å². The second-order valence-corrected chi connectivity index (χ2v) is 14.9. The highest BCUT2D eigenvalue weighted by atomic mass is 35.5. The number of fused-ring (bicyclic) bond motifs is 1. The number of carbonyl (C=O) groups excluding carboxylic acids is 2. The molecule has 16 heteroatoms. The fourth-order valence-corrected chi connectivity index (χ4v) is 8.69. The first-order chi connectivity index (χ1) is 23.3. The van der Waals surface area contributed by atoms with Crippen molar-refractivity contribution in [3.63, 3.8) is 0 Å². The lowest BCUT2D eigenvalue weighted by Crippen LogP contribution is -2.62. The van der Waals surface area contributed by atoms with Crippen molar-refractivity contribution >= 4 is 61.9 Å². The summed E-state index contributed by atoms with van der Waals surface area (Å²) in [6.45, 7) is 3.27. The maximum absolute atomic E-state index is 14.0. The molecule has 13 nitrogen and oxygen atoms in total. The van der Waals surface area contributed by atoms with Crippen LogP contribution in [0.1, 0.15) is 49.8 Å². The lowest BCUT2D eigenvalue weighted by molar-refractivity contribution is -0.144. The van der Waals surface area contributed by atoms with Crippen LogP contribution in [0.4, 0.5) is 0 Å². The lowest BCUT2D eigenvalue weighted by Gasteiger charge is -2.40. The highest BCUT2D eigenvalue weighted by Crippen LogP contribution is 2.37. The average Bonchev–Trinajstić information content (AvgIpc) is 3.54. The largest absolute Gasteiger partial charge is 0.487 e. The molecule has 1 saturated heterocycles. The molecule has 0 bridgehead atoms. The van der Waals surface area contributed by atoms with Gasteiger partial charge in [0.25, 0.3) is 0 Å². The van der Waals surface area contributed by atoms with E-state index in [4.69, 9.17) is 44.8 Å². The molecule has 2 aromatic carbocycles. The summed E-state index contributed by atoms with van der Waals surface area (Å²) in [5.41, 5.74) is 11.8. The zero-order chi connectivity index (χ0) is 35.3. The van der Waals surface area contributed by atoms with Crippen LogP contribution in [0.2, 0.25) is 10.0 Å². The second-order valence-electron chi connectivity index (χ2n) is 12.5. The molecule has 2 heterocycles. The monoisotopic (exact) mass is 732 g/mol. The number of ether oxygens (including phenoxy) is 1. The van der Waals surface area contributed by atoms with E-state index in [-0.39, 0.29) is 71.1 Å². The molecule has 1 aromatic heterocycles. The molecule has 1 aliphatic carbocycles. The van der Waals surface area contributed by atoms with E-state index in [0.717, 1.165) is 11.1 Å². The number of nitrogens with zero attached hydrogens (tertiary/aromatic N) is 3. The van der Waals surface area contributed by atoms with E-state index in [1.54, 1.807) is 15.9 Å². The number of benzene rings is 2. The molecular formula is C33H42Cl2N8O5S. The van der Waals surface area contributed by atoms with Crippen molar-refractivity contribution in [2.45, 2.75) is 68.5 Å². The van der Waals surface area contributed by atoms with Gasteiger partial charge < -0.3 is 31.3 Å². The van der Waals surface area contributed by atoms with Crippen LogP contribution in [0.25, 0.3) is 10.9 Å². The van der Waals surface area contributed by atoms with Crippen molar-refractivity contribution in [3.05, 3.63) is 63.8 Å². The summed E-state index contributed by atoms with van der Waals surface area (Å²) in [6, 6.07) is 11.5. The summed E-state index contributed by atoms with van der Waals surface area (Å²) < 4.78 is 36.7. The Kier molecular flexibility index (Phi) is 11.5. The molecule has 2 amide bonds. The van der Waals surface area contributed by atoms with Crippen molar-refractivity contribution in [2.75, 3.05) is 32.7 Å². The molecule has 264 valence electrons. The second kappa shape index (κ2) is 15.5. The van der Waals surface area contributed by atoms with Gasteiger partial charge in [0.15, 0.2) is 5.96 Å². The molecule has 3 aromatic rings. The van der Waals surface area contributed by atoms with Gasteiger partial charge in [-0.05, 0) is 56.9 Å². The Hall–Kier alpha value is -3.69. The van der Waals surface area contributed by atoms with Gasteiger partial charge in [-0.3, -0.25) is 15.0 Å². The summed E-state index contributed by atoms with van der Waals surface area (Å²) in [5, 5.41) is 10.9. The highest BCUT2D eigenvalue weighted by Gasteiger charge is 2.47. The Morgan fingerprint density at radius 2 is 1.76 bits per heavy atom. The Balaban J connectivity index is 1.27. The van der Waals surface area contributed by atoms with Crippen LogP contribution in [0, 0.1) is 12.3 Å². The summed E-state index contributed by atoms with van der Waals surface area (Å²) in [4.78, 5) is 34.6. The summed E-state index contributed by atoms with van der Waals surface area (Å²) >= 11 is 13.2. The molecule has 1 atom stereocenters. The number of sulfonamides is 1. The molecule has 49 heavy (non-hydrogen) atoms. The predicted molar refractivity (Wildman–Crippen MR) is 189 cm³/mol. The fourth-order valence-electron chi connectivity index (χ4n) is 6.39. The molecule has 7 N–H and O–H groups in total. The minimum Gasteiger partial charge on any atom is -0.487 e. The fraction of sp³-hybridized carbons (Fsp3) is 0.455. The first kappa shape index (κ1) is 36.6. The van der Waals surface area contributed by atoms with Crippen molar-refractivity contribution in [3.8, 4) is 5.75 Å². The average molecular weight is 734 g/mol. The van der Waals surface area contributed by atoms with E-state index >= 15 is 0 Å². The molecular weight excluding hydrogens is 691 g/mol. The number of pyridine rings is 1. The maximum Gasteiger partial charge on any atom is 0.243 e. The third-order valence-corrected chi connectivity index (χ3v) is 11.5. The minimum atomic E-state index is -4.29. The van der Waals surface area contributed by atoms with Gasteiger partial charge in [-0.2, -0.15) is 4.72 Å². The zero-order valence-corrected chi connectivity index (χ0v) is 29.6. The first-order valence-electron chi connectivity index (χ1n) is 16.2. The number of carbonyl (C=O) groups is 2. The van der Waals surface area contributed by atoms with E-state index in [9.17, 15) is 18.0 Å². The quantitative estimate of drug-likeness (QED) is 0.105. The molecule has 0 unspecified atom stereocenters. The van der Waals surface area contributed by atoms with Crippen molar-refractivity contribution < 1.29 is 22.7 Å². The van der Waals surface area contributed by atoms with Crippen LogP contribution in [0.15, 0.2) is 47.4 Å². The lowest BCUT2D eigenvalue weighted by atomic mass is 9.96. The van der Waals surface area contributed by atoms with Gasteiger partial charge in [0.2, 0.25) is 21.8 Å². The number of aryl methyl sites for hydroxylation is 1. The van der Waals surface area contributed by atoms with Crippen molar-refractivity contribution in [2.24, 2.45) is 11.5 Å². The van der Waals surface area contributed by atoms with Crippen LogP contribution in [0.5, 0.6) is 5.75 Å². The third kappa shape index (κ3) is 8.38. The number of nitrogens with one attached hydrogen (secondary N) is 3. The highest BCUT2D eigenvalue weighted by molar-refractivity contribution is 7.89. The van der Waals surface area contributed by atoms with Crippen LogP contribution in [0.3, 0.4) is 0 Å². The Bertz CT molecular complexity index is 1830.